The average molecular weight is 237 g/mol. The average Bonchev–Trinajstić information content (AvgIpc) is 2.29. The highest BCUT2D eigenvalue weighted by Gasteiger charge is 2.23. The van der Waals surface area contributed by atoms with Gasteiger partial charge in [0.1, 0.15) is 0 Å². The molecule has 1 aromatic rings. The van der Waals surface area contributed by atoms with Crippen molar-refractivity contribution < 1.29 is 4.79 Å². The van der Waals surface area contributed by atoms with Gasteiger partial charge in [0.15, 0.2) is 0 Å². The van der Waals surface area contributed by atoms with Crippen LogP contribution in [0.3, 0.4) is 0 Å². The first-order chi connectivity index (χ1) is 8.00. The Balaban J connectivity index is 2.81. The molecule has 5 nitrogen and oxygen atoms in total. The molecule has 0 spiro atoms. The largest absolute Gasteiger partial charge is 0.347 e. The maximum absolute atomic E-state index is 11.9. The van der Waals surface area contributed by atoms with Gasteiger partial charge in [-0.25, -0.2) is 0 Å². The van der Waals surface area contributed by atoms with E-state index in [9.17, 15) is 9.59 Å². The fourth-order valence-corrected chi connectivity index (χ4v) is 1.58. The number of hydrogen-bond donors (Lipinski definition) is 3. The molecule has 1 atom stereocenters. The van der Waals surface area contributed by atoms with Gasteiger partial charge in [0.25, 0.3) is 5.91 Å². The summed E-state index contributed by atoms with van der Waals surface area (Å²) in [5, 5.41) is 2.92. The smallest absolute Gasteiger partial charge is 0.251 e. The summed E-state index contributed by atoms with van der Waals surface area (Å²) >= 11 is 0. The highest BCUT2D eigenvalue weighted by molar-refractivity contribution is 5.94. The van der Waals surface area contributed by atoms with Crippen LogP contribution in [0.15, 0.2) is 23.1 Å². The zero-order chi connectivity index (χ0) is 12.9. The van der Waals surface area contributed by atoms with Crippen LogP contribution in [-0.2, 0) is 0 Å². The van der Waals surface area contributed by atoms with E-state index in [0.717, 1.165) is 6.42 Å². The molecule has 0 saturated heterocycles. The van der Waals surface area contributed by atoms with Crippen molar-refractivity contribution in [3.05, 3.63) is 34.2 Å². The highest BCUT2D eigenvalue weighted by atomic mass is 16.2. The van der Waals surface area contributed by atoms with E-state index in [1.807, 2.05) is 13.8 Å². The third-order valence-corrected chi connectivity index (χ3v) is 2.93. The Kier molecular flexibility index (Phi) is 4.45. The van der Waals surface area contributed by atoms with Gasteiger partial charge in [-0.15, -0.1) is 0 Å². The molecule has 0 bridgehead atoms. The Bertz CT molecular complexity index is 441. The standard InChI is InChI=1S/C12H19N3O2/c1-3-12(2,5-6-13)15-11(17)9-4-7-14-10(16)8-9/h4,7-8H,3,5-6,13H2,1-2H3,(H,14,16)(H,15,17). The molecular formula is C12H19N3O2. The summed E-state index contributed by atoms with van der Waals surface area (Å²) in [6, 6.07) is 2.86. The molecule has 17 heavy (non-hydrogen) atoms. The van der Waals surface area contributed by atoms with Crippen LogP contribution in [0.2, 0.25) is 0 Å². The molecule has 1 amide bonds. The number of nitrogens with two attached hydrogens (primary N) is 1. The van der Waals surface area contributed by atoms with E-state index >= 15 is 0 Å². The van der Waals surface area contributed by atoms with Crippen molar-refractivity contribution in [3.63, 3.8) is 0 Å². The topological polar surface area (TPSA) is 88.0 Å². The molecule has 0 aromatic carbocycles. The Morgan fingerprint density at radius 3 is 2.82 bits per heavy atom. The number of amides is 1. The monoisotopic (exact) mass is 237 g/mol. The van der Waals surface area contributed by atoms with E-state index in [4.69, 9.17) is 5.73 Å². The van der Waals surface area contributed by atoms with Gasteiger partial charge in [0, 0.05) is 23.4 Å². The number of aromatic nitrogens is 1. The van der Waals surface area contributed by atoms with Gasteiger partial charge in [-0.1, -0.05) is 6.92 Å². The third kappa shape index (κ3) is 3.71. The molecule has 1 rings (SSSR count). The maximum atomic E-state index is 11.9. The summed E-state index contributed by atoms with van der Waals surface area (Å²) in [6.07, 6.45) is 2.96. The molecule has 4 N–H and O–H groups in total. The predicted octanol–water partition coefficient (Wildman–Crippen LogP) is 0.622. The summed E-state index contributed by atoms with van der Waals surface area (Å²) in [5.41, 5.74) is 5.28. The lowest BCUT2D eigenvalue weighted by molar-refractivity contribution is 0.0899. The second kappa shape index (κ2) is 5.63. The van der Waals surface area contributed by atoms with Gasteiger partial charge in [-0.2, -0.15) is 0 Å². The van der Waals surface area contributed by atoms with E-state index in [1.54, 1.807) is 6.07 Å². The fourth-order valence-electron chi connectivity index (χ4n) is 1.58. The normalized spacial score (nSPS) is 14.1. The van der Waals surface area contributed by atoms with Gasteiger partial charge in [0.05, 0.1) is 0 Å². The van der Waals surface area contributed by atoms with Crippen molar-refractivity contribution in [3.8, 4) is 0 Å². The van der Waals surface area contributed by atoms with Crippen LogP contribution in [-0.4, -0.2) is 23.0 Å². The number of rotatable bonds is 5. The van der Waals surface area contributed by atoms with E-state index < -0.39 is 0 Å². The Labute approximate surface area is 100 Å². The third-order valence-electron chi connectivity index (χ3n) is 2.93. The first kappa shape index (κ1) is 13.4. The summed E-state index contributed by atoms with van der Waals surface area (Å²) in [4.78, 5) is 25.5. The molecule has 5 heteroatoms. The van der Waals surface area contributed by atoms with Gasteiger partial charge in [-0.3, -0.25) is 9.59 Å². The SMILES string of the molecule is CCC(C)(CCN)NC(=O)c1cc[nH]c(=O)c1. The number of carbonyl (C=O) groups excluding carboxylic acids is 1. The van der Waals surface area contributed by atoms with E-state index in [0.29, 0.717) is 18.5 Å². The fraction of sp³-hybridized carbons (Fsp3) is 0.500. The zero-order valence-electron chi connectivity index (χ0n) is 10.2. The number of H-pyrrole nitrogens is 1. The summed E-state index contributed by atoms with van der Waals surface area (Å²) < 4.78 is 0. The van der Waals surface area contributed by atoms with Gasteiger partial charge in [0.2, 0.25) is 5.56 Å². The van der Waals surface area contributed by atoms with Crippen LogP contribution in [0.4, 0.5) is 0 Å². The molecule has 0 fully saturated rings. The quantitative estimate of drug-likeness (QED) is 0.701. The number of carbonyl (C=O) groups is 1. The number of pyridine rings is 1. The first-order valence-electron chi connectivity index (χ1n) is 5.72. The molecular weight excluding hydrogens is 218 g/mol. The van der Waals surface area contributed by atoms with Crippen LogP contribution in [0.5, 0.6) is 0 Å². The van der Waals surface area contributed by atoms with E-state index in [-0.39, 0.29) is 17.0 Å². The van der Waals surface area contributed by atoms with E-state index in [2.05, 4.69) is 10.3 Å². The van der Waals surface area contributed by atoms with Crippen LogP contribution in [0.1, 0.15) is 37.0 Å². The van der Waals surface area contributed by atoms with Crippen LogP contribution >= 0.6 is 0 Å². The van der Waals surface area contributed by atoms with Crippen LogP contribution < -0.4 is 16.6 Å². The lowest BCUT2D eigenvalue weighted by Gasteiger charge is -2.29. The predicted molar refractivity (Wildman–Crippen MR) is 66.9 cm³/mol. The van der Waals surface area contributed by atoms with E-state index in [1.165, 1.54) is 12.3 Å². The zero-order valence-corrected chi connectivity index (χ0v) is 10.2. The lowest BCUT2D eigenvalue weighted by Crippen LogP contribution is -2.47. The summed E-state index contributed by atoms with van der Waals surface area (Å²) in [5.74, 6) is -0.242. The summed E-state index contributed by atoms with van der Waals surface area (Å²) in [6.45, 7) is 4.46. The van der Waals surface area contributed by atoms with Gasteiger partial charge >= 0.3 is 0 Å². The molecule has 1 aromatic heterocycles. The molecule has 1 unspecified atom stereocenters. The van der Waals surface area contributed by atoms with Crippen molar-refractivity contribution in [2.24, 2.45) is 5.73 Å². The van der Waals surface area contributed by atoms with Crippen molar-refractivity contribution >= 4 is 5.91 Å². The molecule has 94 valence electrons. The van der Waals surface area contributed by atoms with Gasteiger partial charge < -0.3 is 16.0 Å². The Morgan fingerprint density at radius 2 is 2.29 bits per heavy atom. The molecule has 0 aliphatic rings. The molecule has 1 heterocycles. The lowest BCUT2D eigenvalue weighted by atomic mass is 9.94. The van der Waals surface area contributed by atoms with Crippen molar-refractivity contribution in [1.82, 2.24) is 10.3 Å². The number of hydrogen-bond acceptors (Lipinski definition) is 3. The van der Waals surface area contributed by atoms with Gasteiger partial charge in [-0.05, 0) is 32.4 Å². The Morgan fingerprint density at radius 1 is 1.59 bits per heavy atom. The number of aromatic amines is 1. The second-order valence-electron chi connectivity index (χ2n) is 4.35. The summed E-state index contributed by atoms with van der Waals surface area (Å²) in [7, 11) is 0. The molecule has 0 saturated carbocycles. The minimum Gasteiger partial charge on any atom is -0.347 e. The van der Waals surface area contributed by atoms with Crippen molar-refractivity contribution in [2.75, 3.05) is 6.54 Å². The highest BCUT2D eigenvalue weighted by Crippen LogP contribution is 2.14. The van der Waals surface area contributed by atoms with Crippen molar-refractivity contribution in [2.45, 2.75) is 32.2 Å². The molecule has 0 radical (unpaired) electrons. The second-order valence-corrected chi connectivity index (χ2v) is 4.35. The van der Waals surface area contributed by atoms with Crippen LogP contribution in [0, 0.1) is 0 Å². The minimum absolute atomic E-state index is 0.242. The Hall–Kier alpha value is -1.62. The van der Waals surface area contributed by atoms with Crippen molar-refractivity contribution in [1.29, 1.82) is 0 Å². The molecule has 0 aliphatic carbocycles. The maximum Gasteiger partial charge on any atom is 0.251 e. The molecule has 0 aliphatic heterocycles. The minimum atomic E-state index is -0.325. The van der Waals surface area contributed by atoms with Crippen LogP contribution in [0.25, 0.3) is 0 Å². The first-order valence-corrected chi connectivity index (χ1v) is 5.72. The number of nitrogens with one attached hydrogen (secondary N) is 2.